The number of aryl methyl sites for hydroxylation is 2. The molecule has 7 heteroatoms. The summed E-state index contributed by atoms with van der Waals surface area (Å²) in [7, 11) is 0. The summed E-state index contributed by atoms with van der Waals surface area (Å²) in [5.74, 6) is 2.26. The van der Waals surface area contributed by atoms with E-state index in [1.54, 1.807) is 22.7 Å². The maximum Gasteiger partial charge on any atom is 0.160 e. The van der Waals surface area contributed by atoms with Crippen LogP contribution < -0.4 is 0 Å². The van der Waals surface area contributed by atoms with Crippen LogP contribution >= 0.6 is 22.7 Å². The molecule has 0 radical (unpaired) electrons. The van der Waals surface area contributed by atoms with Gasteiger partial charge in [-0.1, -0.05) is 17.3 Å². The highest BCUT2D eigenvalue weighted by Gasteiger charge is 2.39. The van der Waals surface area contributed by atoms with Gasteiger partial charge in [0.2, 0.25) is 0 Å². The molecule has 4 heterocycles. The molecule has 1 aromatic carbocycles. The fourth-order valence-electron chi connectivity index (χ4n) is 4.36. The van der Waals surface area contributed by atoms with Crippen LogP contribution in [-0.4, -0.2) is 20.2 Å². The van der Waals surface area contributed by atoms with Gasteiger partial charge >= 0.3 is 0 Å². The summed E-state index contributed by atoms with van der Waals surface area (Å²) in [5.41, 5.74) is 4.02. The Hall–Kier alpha value is -2.74. The number of H-pyrrole nitrogens is 1. The van der Waals surface area contributed by atoms with Gasteiger partial charge in [-0.3, -0.25) is 0 Å². The maximum absolute atomic E-state index is 12.4. The Bertz CT molecular complexity index is 1320. The lowest BCUT2D eigenvalue weighted by atomic mass is 9.87. The summed E-state index contributed by atoms with van der Waals surface area (Å²) < 4.78 is 5.45. The molecule has 1 fully saturated rings. The Balaban J connectivity index is 1.69. The molecule has 1 saturated carbocycles. The minimum absolute atomic E-state index is 0.485. The zero-order valence-electron chi connectivity index (χ0n) is 17.2. The number of aromatic nitrogens is 3. The summed E-state index contributed by atoms with van der Waals surface area (Å²) in [4.78, 5) is 10.3. The molecule has 0 spiro atoms. The predicted molar refractivity (Wildman–Crippen MR) is 124 cm³/mol. The van der Waals surface area contributed by atoms with Crippen LogP contribution in [0.4, 0.5) is 0 Å². The molecule has 0 amide bonds. The minimum Gasteiger partial charge on any atom is -0.374 e. The number of imidazole rings is 1. The number of aromatic amines is 1. The lowest BCUT2D eigenvalue weighted by molar-refractivity contribution is 0.135. The molecule has 2 N–H and O–H groups in total. The van der Waals surface area contributed by atoms with Gasteiger partial charge in [0.05, 0.1) is 16.7 Å². The second-order valence-corrected chi connectivity index (χ2v) is 10.1. The van der Waals surface area contributed by atoms with Gasteiger partial charge in [-0.15, -0.1) is 22.7 Å². The van der Waals surface area contributed by atoms with Crippen LogP contribution in [0.2, 0.25) is 0 Å². The SMILES string of the molecule is Cc1noc(C)c1-c1cc(C(O)(c2cccs2)c2cccs2)c2nc(C3CC3)[nH]c2c1. The van der Waals surface area contributed by atoms with Crippen molar-refractivity contribution in [2.75, 3.05) is 0 Å². The van der Waals surface area contributed by atoms with Crippen LogP contribution in [0.5, 0.6) is 0 Å². The van der Waals surface area contributed by atoms with E-state index in [-0.39, 0.29) is 0 Å². The topological polar surface area (TPSA) is 74.9 Å². The molecule has 31 heavy (non-hydrogen) atoms. The summed E-state index contributed by atoms with van der Waals surface area (Å²) in [6, 6.07) is 12.1. The molecule has 0 unspecified atom stereocenters. The van der Waals surface area contributed by atoms with E-state index >= 15 is 0 Å². The standard InChI is InChI=1S/C24H21N3O2S2/c1-13-21(14(2)29-27-13)16-11-17(22-18(12-16)25-23(26-22)15-7-8-15)24(28,19-5-3-9-30-19)20-6-4-10-31-20/h3-6,9-12,15,28H,7-8H2,1-2H3,(H,25,26). The first-order chi connectivity index (χ1) is 15.1. The molecular weight excluding hydrogens is 426 g/mol. The number of aliphatic hydroxyl groups is 1. The molecule has 5 aromatic rings. The van der Waals surface area contributed by atoms with Gasteiger partial charge < -0.3 is 14.6 Å². The Kier molecular flexibility index (Phi) is 4.21. The van der Waals surface area contributed by atoms with Gasteiger partial charge in [-0.25, -0.2) is 4.98 Å². The van der Waals surface area contributed by atoms with E-state index in [9.17, 15) is 5.11 Å². The maximum atomic E-state index is 12.4. The zero-order chi connectivity index (χ0) is 21.2. The highest BCUT2D eigenvalue weighted by atomic mass is 32.1. The quantitative estimate of drug-likeness (QED) is 0.340. The van der Waals surface area contributed by atoms with E-state index in [1.807, 2.05) is 48.9 Å². The van der Waals surface area contributed by atoms with Gasteiger partial charge in [0, 0.05) is 26.8 Å². The molecule has 1 aliphatic rings. The summed E-state index contributed by atoms with van der Waals surface area (Å²) in [5, 5.41) is 20.5. The van der Waals surface area contributed by atoms with Crippen molar-refractivity contribution in [2.45, 2.75) is 38.2 Å². The fourth-order valence-corrected chi connectivity index (χ4v) is 6.13. The van der Waals surface area contributed by atoms with Crippen molar-refractivity contribution in [3.8, 4) is 11.1 Å². The van der Waals surface area contributed by atoms with Crippen molar-refractivity contribution in [3.05, 3.63) is 79.8 Å². The van der Waals surface area contributed by atoms with Crippen molar-refractivity contribution in [1.29, 1.82) is 0 Å². The second kappa shape index (κ2) is 6.88. The average Bonchev–Trinajstić information content (AvgIpc) is 3.24. The second-order valence-electron chi connectivity index (χ2n) is 8.18. The number of hydrogen-bond donors (Lipinski definition) is 2. The smallest absolute Gasteiger partial charge is 0.160 e. The lowest BCUT2D eigenvalue weighted by Crippen LogP contribution is -2.27. The Morgan fingerprint density at radius 1 is 1.10 bits per heavy atom. The first-order valence-electron chi connectivity index (χ1n) is 10.3. The number of benzene rings is 1. The molecule has 156 valence electrons. The van der Waals surface area contributed by atoms with Crippen molar-refractivity contribution in [3.63, 3.8) is 0 Å². The first-order valence-corrected chi connectivity index (χ1v) is 12.1. The molecular formula is C24H21N3O2S2. The third-order valence-electron chi connectivity index (χ3n) is 6.04. The number of nitrogens with one attached hydrogen (secondary N) is 1. The average molecular weight is 448 g/mol. The monoisotopic (exact) mass is 447 g/mol. The fraction of sp³-hybridized carbons (Fsp3) is 0.250. The van der Waals surface area contributed by atoms with Crippen molar-refractivity contribution >= 4 is 33.7 Å². The van der Waals surface area contributed by atoms with Crippen LogP contribution in [0.25, 0.3) is 22.2 Å². The Labute approximate surface area is 187 Å². The number of nitrogens with zero attached hydrogens (tertiary/aromatic N) is 2. The van der Waals surface area contributed by atoms with Gasteiger partial charge in [0.1, 0.15) is 11.6 Å². The largest absolute Gasteiger partial charge is 0.374 e. The number of thiophene rings is 2. The van der Waals surface area contributed by atoms with E-state index in [2.05, 4.69) is 22.3 Å². The third kappa shape index (κ3) is 2.91. The van der Waals surface area contributed by atoms with Gasteiger partial charge in [0.15, 0.2) is 5.60 Å². The highest BCUT2D eigenvalue weighted by Crippen LogP contribution is 2.46. The Morgan fingerprint density at radius 2 is 1.81 bits per heavy atom. The molecule has 0 aliphatic heterocycles. The number of rotatable bonds is 5. The summed E-state index contributed by atoms with van der Waals surface area (Å²) in [6.07, 6.45) is 2.32. The summed E-state index contributed by atoms with van der Waals surface area (Å²) in [6.45, 7) is 3.87. The molecule has 4 aromatic heterocycles. The van der Waals surface area contributed by atoms with E-state index in [0.717, 1.165) is 67.6 Å². The van der Waals surface area contributed by atoms with E-state index in [0.29, 0.717) is 5.92 Å². The molecule has 5 nitrogen and oxygen atoms in total. The van der Waals surface area contributed by atoms with Crippen LogP contribution in [0, 0.1) is 13.8 Å². The van der Waals surface area contributed by atoms with Gasteiger partial charge in [-0.05, 0) is 67.3 Å². The van der Waals surface area contributed by atoms with E-state index < -0.39 is 5.60 Å². The number of hydrogen-bond acceptors (Lipinski definition) is 6. The van der Waals surface area contributed by atoms with Crippen molar-refractivity contribution in [2.24, 2.45) is 0 Å². The van der Waals surface area contributed by atoms with E-state index in [1.165, 1.54) is 0 Å². The molecule has 6 rings (SSSR count). The summed E-state index contributed by atoms with van der Waals surface area (Å²) >= 11 is 3.11. The predicted octanol–water partition coefficient (Wildman–Crippen LogP) is 6.12. The van der Waals surface area contributed by atoms with Crippen LogP contribution in [-0.2, 0) is 5.60 Å². The van der Waals surface area contributed by atoms with Gasteiger partial charge in [-0.2, -0.15) is 0 Å². The van der Waals surface area contributed by atoms with Crippen LogP contribution in [0.15, 0.2) is 51.7 Å². The molecule has 1 aliphatic carbocycles. The zero-order valence-corrected chi connectivity index (χ0v) is 18.8. The molecule has 0 saturated heterocycles. The highest BCUT2D eigenvalue weighted by molar-refractivity contribution is 7.11. The third-order valence-corrected chi connectivity index (χ3v) is 7.99. The van der Waals surface area contributed by atoms with E-state index in [4.69, 9.17) is 9.51 Å². The van der Waals surface area contributed by atoms with Crippen molar-refractivity contribution < 1.29 is 9.63 Å². The first kappa shape index (κ1) is 19.0. The van der Waals surface area contributed by atoms with Crippen molar-refractivity contribution in [1.82, 2.24) is 15.1 Å². The molecule has 0 atom stereocenters. The minimum atomic E-state index is -1.29. The lowest BCUT2D eigenvalue weighted by Gasteiger charge is -2.27. The normalized spacial score (nSPS) is 14.5. The van der Waals surface area contributed by atoms with Gasteiger partial charge in [0.25, 0.3) is 0 Å². The Morgan fingerprint density at radius 3 is 2.35 bits per heavy atom. The number of fused-ring (bicyclic) bond motifs is 1. The van der Waals surface area contributed by atoms with Crippen LogP contribution in [0.1, 0.15) is 51.4 Å². The molecule has 0 bridgehead atoms. The van der Waals surface area contributed by atoms with Crippen LogP contribution in [0.3, 0.4) is 0 Å².